The van der Waals surface area contributed by atoms with Crippen molar-refractivity contribution in [2.24, 2.45) is 4.99 Å². The largest absolute Gasteiger partial charge is 0.315 e. The molecule has 0 fully saturated rings. The minimum atomic E-state index is -4.03. The number of rotatable bonds is 5. The van der Waals surface area contributed by atoms with E-state index in [0.717, 1.165) is 6.54 Å². The van der Waals surface area contributed by atoms with E-state index in [1.807, 2.05) is 6.92 Å². The molecule has 6 heteroatoms. The molecule has 0 aliphatic rings. The van der Waals surface area contributed by atoms with Crippen LogP contribution in [0.1, 0.15) is 6.92 Å². The van der Waals surface area contributed by atoms with Crippen molar-refractivity contribution >= 4 is 15.7 Å². The smallest absolute Gasteiger partial charge is 0.304 e. The molecule has 66 valence electrons. The number of hydrogen-bond acceptors (Lipinski definition) is 4. The van der Waals surface area contributed by atoms with E-state index in [4.69, 9.17) is 4.55 Å². The third kappa shape index (κ3) is 9.54. The molecule has 0 heterocycles. The Labute approximate surface area is 66.3 Å². The van der Waals surface area contributed by atoms with E-state index in [9.17, 15) is 8.42 Å². The molecule has 0 saturated heterocycles. The van der Waals surface area contributed by atoms with Crippen molar-refractivity contribution in [1.82, 2.24) is 5.32 Å². The fourth-order valence-corrected chi connectivity index (χ4v) is 0.761. The van der Waals surface area contributed by atoms with Gasteiger partial charge in [0, 0.05) is 6.54 Å². The molecule has 5 nitrogen and oxygen atoms in total. The van der Waals surface area contributed by atoms with Gasteiger partial charge in [0.15, 0.2) is 0 Å². The van der Waals surface area contributed by atoms with Crippen molar-refractivity contribution in [1.29, 1.82) is 0 Å². The highest BCUT2D eigenvalue weighted by Crippen LogP contribution is 1.74. The molecule has 2 N–H and O–H groups in total. The fourth-order valence-electron chi connectivity index (χ4n) is 0.467. The SMILES string of the molecule is CCNCCN=CS(=O)(=O)O. The molecule has 0 saturated carbocycles. The van der Waals surface area contributed by atoms with E-state index in [0.29, 0.717) is 18.6 Å². The summed E-state index contributed by atoms with van der Waals surface area (Å²) in [5, 5.41) is 2.94. The summed E-state index contributed by atoms with van der Waals surface area (Å²) in [4.78, 5) is 3.45. The summed E-state index contributed by atoms with van der Waals surface area (Å²) < 4.78 is 28.3. The van der Waals surface area contributed by atoms with Gasteiger partial charge in [-0.3, -0.25) is 9.55 Å². The van der Waals surface area contributed by atoms with Crippen molar-refractivity contribution in [2.75, 3.05) is 19.6 Å². The van der Waals surface area contributed by atoms with Crippen LogP contribution in [0.4, 0.5) is 0 Å². The van der Waals surface area contributed by atoms with Gasteiger partial charge in [-0.05, 0) is 6.54 Å². The molecule has 0 bridgehead atoms. The maximum Gasteiger partial charge on any atom is 0.304 e. The zero-order valence-electron chi connectivity index (χ0n) is 6.32. The van der Waals surface area contributed by atoms with Crippen LogP contribution in [0.15, 0.2) is 4.99 Å². The third-order valence-electron chi connectivity index (χ3n) is 0.875. The number of likely N-dealkylation sites (N-methyl/N-ethyl adjacent to an activating group) is 1. The Bertz CT molecular complexity index is 210. The van der Waals surface area contributed by atoms with Crippen LogP contribution < -0.4 is 5.32 Å². The van der Waals surface area contributed by atoms with Gasteiger partial charge in [0.05, 0.1) is 6.54 Å². The normalized spacial score (nSPS) is 12.5. The molecule has 0 spiro atoms. The van der Waals surface area contributed by atoms with Gasteiger partial charge < -0.3 is 5.32 Å². The zero-order chi connectivity index (χ0) is 8.74. The summed E-state index contributed by atoms with van der Waals surface area (Å²) in [6, 6.07) is 0. The van der Waals surface area contributed by atoms with E-state index in [2.05, 4.69) is 10.3 Å². The van der Waals surface area contributed by atoms with Crippen LogP contribution in [0.25, 0.3) is 0 Å². The van der Waals surface area contributed by atoms with Crippen molar-refractivity contribution in [2.45, 2.75) is 6.92 Å². The summed E-state index contributed by atoms with van der Waals surface area (Å²) in [5.74, 6) is 0. The first-order valence-electron chi connectivity index (χ1n) is 3.24. The number of nitrogens with zero attached hydrogens (tertiary/aromatic N) is 1. The summed E-state index contributed by atoms with van der Waals surface area (Å²) in [6.45, 7) is 3.73. The van der Waals surface area contributed by atoms with E-state index in [-0.39, 0.29) is 0 Å². The number of nitrogens with one attached hydrogen (secondary N) is 1. The highest BCUT2D eigenvalue weighted by Gasteiger charge is 1.94. The molecule has 0 unspecified atom stereocenters. The van der Waals surface area contributed by atoms with E-state index in [1.54, 1.807) is 0 Å². The number of hydrogen-bond donors (Lipinski definition) is 2. The van der Waals surface area contributed by atoms with Gasteiger partial charge in [-0.25, -0.2) is 0 Å². The molecule has 0 aromatic heterocycles. The third-order valence-corrected chi connectivity index (χ3v) is 1.29. The molecule has 0 amide bonds. The quantitative estimate of drug-likeness (QED) is 0.259. The minimum absolute atomic E-state index is 0.355. The molecule has 0 aliphatic heterocycles. The molecule has 11 heavy (non-hydrogen) atoms. The highest BCUT2D eigenvalue weighted by atomic mass is 32.2. The summed E-state index contributed by atoms with van der Waals surface area (Å²) in [7, 11) is -4.03. The Kier molecular flexibility index (Phi) is 5.01. The lowest BCUT2D eigenvalue weighted by atomic mass is 10.6. The summed E-state index contributed by atoms with van der Waals surface area (Å²) >= 11 is 0. The van der Waals surface area contributed by atoms with Gasteiger partial charge in [-0.2, -0.15) is 8.42 Å². The zero-order valence-corrected chi connectivity index (χ0v) is 7.13. The molecular formula is C5H12N2O3S. The van der Waals surface area contributed by atoms with Gasteiger partial charge in [0.25, 0.3) is 0 Å². The van der Waals surface area contributed by atoms with Crippen LogP contribution in [-0.4, -0.2) is 38.2 Å². The maximum absolute atomic E-state index is 10.0. The van der Waals surface area contributed by atoms with Crippen molar-refractivity contribution in [3.8, 4) is 0 Å². The lowest BCUT2D eigenvalue weighted by Crippen LogP contribution is -2.16. The van der Waals surface area contributed by atoms with Crippen molar-refractivity contribution < 1.29 is 13.0 Å². The summed E-state index contributed by atoms with van der Waals surface area (Å²) in [6.07, 6.45) is 0. The Morgan fingerprint density at radius 3 is 2.73 bits per heavy atom. The molecule has 0 aliphatic carbocycles. The van der Waals surface area contributed by atoms with Gasteiger partial charge in [0.1, 0.15) is 5.55 Å². The fraction of sp³-hybridized carbons (Fsp3) is 0.800. The first kappa shape index (κ1) is 10.5. The number of aliphatic imine (C=N–C) groups is 1. The van der Waals surface area contributed by atoms with E-state index in [1.165, 1.54) is 0 Å². The molecule has 0 aromatic rings. The Morgan fingerprint density at radius 2 is 2.27 bits per heavy atom. The van der Waals surface area contributed by atoms with Crippen LogP contribution >= 0.6 is 0 Å². The first-order valence-corrected chi connectivity index (χ1v) is 4.74. The van der Waals surface area contributed by atoms with E-state index >= 15 is 0 Å². The topological polar surface area (TPSA) is 78.8 Å². The highest BCUT2D eigenvalue weighted by molar-refractivity contribution is 7.99. The molecule has 0 rings (SSSR count). The molecular weight excluding hydrogens is 168 g/mol. The lowest BCUT2D eigenvalue weighted by Gasteiger charge is -1.94. The second-order valence-electron chi connectivity index (χ2n) is 1.88. The van der Waals surface area contributed by atoms with E-state index < -0.39 is 10.1 Å². The standard InChI is InChI=1S/C5H12N2O3S/c1-2-6-3-4-7-5-11(8,9)10/h5-6H,2-4H2,1H3,(H,8,9,10). The Balaban J connectivity index is 3.46. The average Bonchev–Trinajstić information content (AvgIpc) is 1.85. The first-order chi connectivity index (χ1) is 5.06. The Morgan fingerprint density at radius 1 is 1.64 bits per heavy atom. The minimum Gasteiger partial charge on any atom is -0.315 e. The predicted molar refractivity (Wildman–Crippen MR) is 43.5 cm³/mol. The maximum atomic E-state index is 10.0. The van der Waals surface area contributed by atoms with Gasteiger partial charge in [-0.1, -0.05) is 6.92 Å². The van der Waals surface area contributed by atoms with Crippen LogP contribution in [0.5, 0.6) is 0 Å². The second-order valence-corrected chi connectivity index (χ2v) is 3.12. The van der Waals surface area contributed by atoms with Crippen LogP contribution in [0.2, 0.25) is 0 Å². The van der Waals surface area contributed by atoms with Crippen LogP contribution in [0, 0.1) is 0 Å². The lowest BCUT2D eigenvalue weighted by molar-refractivity contribution is 0.499. The Hall–Kier alpha value is -0.460. The summed E-state index contributed by atoms with van der Waals surface area (Å²) in [5.41, 5.74) is 0.546. The predicted octanol–water partition coefficient (Wildman–Crippen LogP) is -0.488. The molecule has 0 atom stereocenters. The van der Waals surface area contributed by atoms with Gasteiger partial charge in [-0.15, -0.1) is 0 Å². The second kappa shape index (κ2) is 5.22. The average molecular weight is 180 g/mol. The van der Waals surface area contributed by atoms with Crippen LogP contribution in [0.3, 0.4) is 0 Å². The van der Waals surface area contributed by atoms with Crippen LogP contribution in [-0.2, 0) is 10.1 Å². The van der Waals surface area contributed by atoms with Crippen molar-refractivity contribution in [3.05, 3.63) is 0 Å². The van der Waals surface area contributed by atoms with Gasteiger partial charge in [0.2, 0.25) is 0 Å². The molecule has 0 radical (unpaired) electrons. The molecule has 0 aromatic carbocycles. The monoisotopic (exact) mass is 180 g/mol. The van der Waals surface area contributed by atoms with Crippen molar-refractivity contribution in [3.63, 3.8) is 0 Å². The van der Waals surface area contributed by atoms with Gasteiger partial charge >= 0.3 is 10.1 Å².